The maximum Gasteiger partial charge on any atom is 0.234 e. The van der Waals surface area contributed by atoms with Crippen LogP contribution in [0.3, 0.4) is 0 Å². The standard InChI is InChI=1S/C11H18N2O2/c1-7(2)6-13-10(14)8-3-4-12-5-9(8)11(13)15/h7-9,12H,3-6H2,1-2H3/t8-,9+/m1/s1. The van der Waals surface area contributed by atoms with Gasteiger partial charge >= 0.3 is 0 Å². The van der Waals surface area contributed by atoms with Crippen molar-refractivity contribution in [1.29, 1.82) is 0 Å². The fourth-order valence-corrected chi connectivity index (χ4v) is 2.47. The van der Waals surface area contributed by atoms with E-state index in [-0.39, 0.29) is 23.7 Å². The number of imide groups is 1. The summed E-state index contributed by atoms with van der Waals surface area (Å²) >= 11 is 0. The highest BCUT2D eigenvalue weighted by Gasteiger charge is 2.47. The molecule has 2 heterocycles. The zero-order valence-corrected chi connectivity index (χ0v) is 9.32. The molecule has 2 fully saturated rings. The van der Waals surface area contributed by atoms with Crippen LogP contribution in [0.4, 0.5) is 0 Å². The van der Waals surface area contributed by atoms with E-state index in [1.165, 1.54) is 4.90 Å². The van der Waals surface area contributed by atoms with Gasteiger partial charge in [0, 0.05) is 13.1 Å². The molecule has 2 amide bonds. The average Bonchev–Trinajstić information content (AvgIpc) is 2.44. The average molecular weight is 210 g/mol. The Labute approximate surface area is 90.0 Å². The van der Waals surface area contributed by atoms with Crippen molar-refractivity contribution in [3.8, 4) is 0 Å². The predicted octanol–water partition coefficient (Wildman–Crippen LogP) is 0.237. The molecule has 0 aliphatic carbocycles. The van der Waals surface area contributed by atoms with Crippen molar-refractivity contribution in [3.05, 3.63) is 0 Å². The van der Waals surface area contributed by atoms with Gasteiger partial charge in [0.15, 0.2) is 0 Å². The molecule has 1 N–H and O–H groups in total. The van der Waals surface area contributed by atoms with Crippen LogP contribution in [0.1, 0.15) is 20.3 Å². The Morgan fingerprint density at radius 2 is 2.00 bits per heavy atom. The van der Waals surface area contributed by atoms with Gasteiger partial charge in [-0.3, -0.25) is 14.5 Å². The summed E-state index contributed by atoms with van der Waals surface area (Å²) in [4.78, 5) is 25.4. The Morgan fingerprint density at radius 3 is 2.60 bits per heavy atom. The molecular weight excluding hydrogens is 192 g/mol. The third kappa shape index (κ3) is 1.78. The monoisotopic (exact) mass is 210 g/mol. The SMILES string of the molecule is CC(C)CN1C(=O)[C@H]2CNCC[C@H]2C1=O. The maximum absolute atomic E-state index is 12.0. The molecule has 2 rings (SSSR count). The number of hydrogen-bond acceptors (Lipinski definition) is 3. The van der Waals surface area contributed by atoms with Gasteiger partial charge in [-0.1, -0.05) is 13.8 Å². The van der Waals surface area contributed by atoms with Gasteiger partial charge in [0.05, 0.1) is 11.8 Å². The van der Waals surface area contributed by atoms with Crippen molar-refractivity contribution < 1.29 is 9.59 Å². The summed E-state index contributed by atoms with van der Waals surface area (Å²) in [5.74, 6) is 0.305. The highest BCUT2D eigenvalue weighted by atomic mass is 16.2. The Bertz CT molecular complexity index is 264. The van der Waals surface area contributed by atoms with Gasteiger partial charge in [0.1, 0.15) is 0 Å². The Kier molecular flexibility index (Phi) is 2.78. The normalized spacial score (nSPS) is 31.3. The molecule has 2 saturated heterocycles. The van der Waals surface area contributed by atoms with Crippen LogP contribution in [-0.4, -0.2) is 36.3 Å². The van der Waals surface area contributed by atoms with E-state index < -0.39 is 0 Å². The Morgan fingerprint density at radius 1 is 1.33 bits per heavy atom. The first-order valence-corrected chi connectivity index (χ1v) is 5.67. The molecule has 0 unspecified atom stereocenters. The number of carbonyl (C=O) groups is 2. The second kappa shape index (κ2) is 3.93. The van der Waals surface area contributed by atoms with Gasteiger partial charge < -0.3 is 5.32 Å². The number of rotatable bonds is 2. The van der Waals surface area contributed by atoms with Crippen molar-refractivity contribution >= 4 is 11.8 Å². The van der Waals surface area contributed by atoms with Crippen LogP contribution in [0.15, 0.2) is 0 Å². The minimum absolute atomic E-state index is 0.0332. The number of fused-ring (bicyclic) bond motifs is 1. The zero-order chi connectivity index (χ0) is 11.0. The minimum atomic E-state index is -0.0926. The van der Waals surface area contributed by atoms with Crippen LogP contribution < -0.4 is 5.32 Å². The van der Waals surface area contributed by atoms with Crippen LogP contribution in [0.5, 0.6) is 0 Å². The third-order valence-corrected chi connectivity index (χ3v) is 3.20. The largest absolute Gasteiger partial charge is 0.316 e. The molecular formula is C11H18N2O2. The van der Waals surface area contributed by atoms with Gasteiger partial charge in [-0.05, 0) is 18.9 Å². The molecule has 0 bridgehead atoms. The third-order valence-electron chi connectivity index (χ3n) is 3.20. The summed E-state index contributed by atoms with van der Waals surface area (Å²) < 4.78 is 0. The molecule has 4 nitrogen and oxygen atoms in total. The molecule has 0 spiro atoms. The number of nitrogens with one attached hydrogen (secondary N) is 1. The fraction of sp³-hybridized carbons (Fsp3) is 0.818. The minimum Gasteiger partial charge on any atom is -0.316 e. The molecule has 0 aromatic carbocycles. The number of carbonyl (C=O) groups excluding carboxylic acids is 2. The van der Waals surface area contributed by atoms with E-state index in [9.17, 15) is 9.59 Å². The van der Waals surface area contributed by atoms with E-state index in [2.05, 4.69) is 5.32 Å². The summed E-state index contributed by atoms with van der Waals surface area (Å²) in [7, 11) is 0. The summed E-state index contributed by atoms with van der Waals surface area (Å²) in [6, 6.07) is 0. The van der Waals surface area contributed by atoms with Gasteiger partial charge in [0.2, 0.25) is 11.8 Å². The first-order chi connectivity index (χ1) is 7.11. The quantitative estimate of drug-likeness (QED) is 0.664. The van der Waals surface area contributed by atoms with Crippen molar-refractivity contribution in [2.75, 3.05) is 19.6 Å². The molecule has 0 radical (unpaired) electrons. The van der Waals surface area contributed by atoms with Crippen molar-refractivity contribution in [2.45, 2.75) is 20.3 Å². The maximum atomic E-state index is 12.0. The second-order valence-corrected chi connectivity index (χ2v) is 4.89. The predicted molar refractivity (Wildman–Crippen MR) is 56.0 cm³/mol. The number of piperidine rings is 1. The van der Waals surface area contributed by atoms with Crippen molar-refractivity contribution in [3.63, 3.8) is 0 Å². The summed E-state index contributed by atoms with van der Waals surface area (Å²) in [6.07, 6.45) is 0.809. The van der Waals surface area contributed by atoms with E-state index in [1.807, 2.05) is 13.8 Å². The highest BCUT2D eigenvalue weighted by molar-refractivity contribution is 6.05. The lowest BCUT2D eigenvalue weighted by atomic mass is 9.89. The number of likely N-dealkylation sites (tertiary alicyclic amines) is 1. The molecule has 15 heavy (non-hydrogen) atoms. The van der Waals surface area contributed by atoms with Crippen LogP contribution in [-0.2, 0) is 9.59 Å². The van der Waals surface area contributed by atoms with Crippen LogP contribution in [0.2, 0.25) is 0 Å². The zero-order valence-electron chi connectivity index (χ0n) is 9.32. The summed E-state index contributed by atoms with van der Waals surface area (Å²) in [6.45, 7) is 6.16. The van der Waals surface area contributed by atoms with Gasteiger partial charge in [-0.2, -0.15) is 0 Å². The summed E-state index contributed by atoms with van der Waals surface area (Å²) in [5, 5.41) is 3.18. The topological polar surface area (TPSA) is 49.4 Å². The first kappa shape index (κ1) is 10.6. The molecule has 0 aromatic rings. The smallest absolute Gasteiger partial charge is 0.234 e. The van der Waals surface area contributed by atoms with E-state index in [0.717, 1.165) is 13.0 Å². The van der Waals surface area contributed by atoms with E-state index in [1.54, 1.807) is 0 Å². The Balaban J connectivity index is 2.14. The lowest BCUT2D eigenvalue weighted by Crippen LogP contribution is -2.38. The van der Waals surface area contributed by atoms with Gasteiger partial charge in [0.25, 0.3) is 0 Å². The number of hydrogen-bond donors (Lipinski definition) is 1. The number of amides is 2. The molecule has 84 valence electrons. The van der Waals surface area contributed by atoms with E-state index in [4.69, 9.17) is 0 Å². The van der Waals surface area contributed by atoms with Crippen molar-refractivity contribution in [2.24, 2.45) is 17.8 Å². The number of nitrogens with zero attached hydrogens (tertiary/aromatic N) is 1. The molecule has 2 aliphatic rings. The molecule has 2 aliphatic heterocycles. The summed E-state index contributed by atoms with van der Waals surface area (Å²) in [5.41, 5.74) is 0. The lowest BCUT2D eigenvalue weighted by molar-refractivity contribution is -0.140. The van der Waals surface area contributed by atoms with Gasteiger partial charge in [-0.15, -0.1) is 0 Å². The first-order valence-electron chi connectivity index (χ1n) is 5.67. The molecule has 0 saturated carbocycles. The molecule has 0 aromatic heterocycles. The highest BCUT2D eigenvalue weighted by Crippen LogP contribution is 2.30. The van der Waals surface area contributed by atoms with Crippen molar-refractivity contribution in [1.82, 2.24) is 10.2 Å². The van der Waals surface area contributed by atoms with E-state index in [0.29, 0.717) is 19.0 Å². The fourth-order valence-electron chi connectivity index (χ4n) is 2.47. The van der Waals surface area contributed by atoms with Crippen LogP contribution in [0, 0.1) is 17.8 Å². The van der Waals surface area contributed by atoms with Gasteiger partial charge in [-0.25, -0.2) is 0 Å². The lowest BCUT2D eigenvalue weighted by Gasteiger charge is -2.21. The van der Waals surface area contributed by atoms with Crippen LogP contribution in [0.25, 0.3) is 0 Å². The Hall–Kier alpha value is -0.900. The molecule has 2 atom stereocenters. The second-order valence-electron chi connectivity index (χ2n) is 4.89. The molecule has 4 heteroatoms. The van der Waals surface area contributed by atoms with Crippen LogP contribution >= 0.6 is 0 Å². The van der Waals surface area contributed by atoms with E-state index >= 15 is 0 Å².